The zero-order chi connectivity index (χ0) is 18.9. The van der Waals surface area contributed by atoms with E-state index in [4.69, 9.17) is 13.9 Å². The van der Waals surface area contributed by atoms with Crippen LogP contribution in [0.25, 0.3) is 11.0 Å². The molecule has 5 heteroatoms. The van der Waals surface area contributed by atoms with Crippen LogP contribution in [0.2, 0.25) is 0 Å². The summed E-state index contributed by atoms with van der Waals surface area (Å²) in [6.07, 6.45) is 2.13. The summed E-state index contributed by atoms with van der Waals surface area (Å²) < 4.78 is 17.4. The molecule has 0 radical (unpaired) electrons. The number of hydrogen-bond donors (Lipinski definition) is 1. The standard InChI is InChI=1S/C21H24O5/c1-6-12-9-8-10-13-14(12)16-15(17(22)24-13)20(5,7-2)11-21(23,25-16)18-19(3,4)26-18/h7-10,18,23H,2,6,11H2,1,3-5H3/t18-,20-,21-/m1/s1. The van der Waals surface area contributed by atoms with Gasteiger partial charge in [-0.3, -0.25) is 0 Å². The van der Waals surface area contributed by atoms with E-state index in [9.17, 15) is 9.90 Å². The van der Waals surface area contributed by atoms with Crippen molar-refractivity contribution < 1.29 is 19.0 Å². The summed E-state index contributed by atoms with van der Waals surface area (Å²) in [5, 5.41) is 12.1. The third-order valence-electron chi connectivity index (χ3n) is 5.68. The Hall–Kier alpha value is -2.11. The third kappa shape index (κ3) is 2.27. The molecular formula is C21H24O5. The van der Waals surface area contributed by atoms with Crippen LogP contribution >= 0.6 is 0 Å². The molecule has 0 saturated carbocycles. The summed E-state index contributed by atoms with van der Waals surface area (Å²) in [5.41, 5.74) is 0.135. The Kier molecular flexibility index (Phi) is 3.47. The molecule has 0 bridgehead atoms. The van der Waals surface area contributed by atoms with Gasteiger partial charge in [0.2, 0.25) is 5.79 Å². The predicted molar refractivity (Wildman–Crippen MR) is 98.6 cm³/mol. The number of allylic oxidation sites excluding steroid dienone is 1. The van der Waals surface area contributed by atoms with E-state index in [1.807, 2.05) is 39.8 Å². The summed E-state index contributed by atoms with van der Waals surface area (Å²) in [7, 11) is 0. The number of epoxide rings is 1. The number of ether oxygens (including phenoxy) is 2. The van der Waals surface area contributed by atoms with E-state index in [1.54, 1.807) is 12.1 Å². The molecule has 2 aliphatic heterocycles. The second kappa shape index (κ2) is 5.21. The average molecular weight is 356 g/mol. The molecule has 0 unspecified atom stereocenters. The number of rotatable bonds is 3. The minimum atomic E-state index is -1.54. The maximum Gasteiger partial charge on any atom is 0.344 e. The van der Waals surface area contributed by atoms with Gasteiger partial charge in [-0.25, -0.2) is 4.79 Å². The molecule has 0 spiro atoms. The van der Waals surface area contributed by atoms with Gasteiger partial charge in [-0.05, 0) is 31.9 Å². The molecule has 26 heavy (non-hydrogen) atoms. The van der Waals surface area contributed by atoms with Crippen LogP contribution in [0.15, 0.2) is 40.1 Å². The van der Waals surface area contributed by atoms with Crippen LogP contribution in [0.1, 0.15) is 45.2 Å². The van der Waals surface area contributed by atoms with E-state index >= 15 is 0 Å². The Bertz CT molecular complexity index is 972. The zero-order valence-corrected chi connectivity index (χ0v) is 15.6. The molecule has 1 N–H and O–H groups in total. The van der Waals surface area contributed by atoms with Crippen LogP contribution < -0.4 is 10.4 Å². The highest BCUT2D eigenvalue weighted by atomic mass is 16.7. The Balaban J connectivity index is 2.04. The van der Waals surface area contributed by atoms with Crippen LogP contribution in [0, 0.1) is 0 Å². The summed E-state index contributed by atoms with van der Waals surface area (Å²) in [5.74, 6) is -1.16. The smallest absolute Gasteiger partial charge is 0.344 e. The van der Waals surface area contributed by atoms with Gasteiger partial charge in [-0.1, -0.05) is 32.1 Å². The fraction of sp³-hybridized carbons (Fsp3) is 0.476. The van der Waals surface area contributed by atoms with Crippen molar-refractivity contribution in [2.24, 2.45) is 0 Å². The molecule has 138 valence electrons. The largest absolute Gasteiger partial charge is 0.458 e. The Labute approximate surface area is 152 Å². The summed E-state index contributed by atoms with van der Waals surface area (Å²) in [4.78, 5) is 12.8. The molecular weight excluding hydrogens is 332 g/mol. The second-order valence-corrected chi connectivity index (χ2v) is 8.08. The molecule has 4 rings (SSSR count). The first-order valence-corrected chi connectivity index (χ1v) is 8.97. The lowest BCUT2D eigenvalue weighted by Gasteiger charge is -2.42. The fourth-order valence-electron chi connectivity index (χ4n) is 4.23. The molecule has 1 fully saturated rings. The first-order chi connectivity index (χ1) is 12.1. The quantitative estimate of drug-likeness (QED) is 0.518. The first-order valence-electron chi connectivity index (χ1n) is 8.97. The lowest BCUT2D eigenvalue weighted by molar-refractivity contribution is -0.175. The summed E-state index contributed by atoms with van der Waals surface area (Å²) in [6.45, 7) is 11.6. The molecule has 0 amide bonds. The number of aliphatic hydroxyl groups is 1. The highest BCUT2D eigenvalue weighted by molar-refractivity contribution is 5.88. The maximum atomic E-state index is 12.8. The van der Waals surface area contributed by atoms with Gasteiger partial charge in [0.25, 0.3) is 0 Å². The topological polar surface area (TPSA) is 72.2 Å². The van der Waals surface area contributed by atoms with E-state index in [0.29, 0.717) is 16.9 Å². The van der Waals surface area contributed by atoms with Crippen molar-refractivity contribution in [2.45, 2.75) is 63.4 Å². The highest BCUT2D eigenvalue weighted by Gasteiger charge is 2.65. The number of fused-ring (bicyclic) bond motifs is 3. The maximum absolute atomic E-state index is 12.8. The van der Waals surface area contributed by atoms with Crippen molar-refractivity contribution >= 4 is 11.0 Å². The second-order valence-electron chi connectivity index (χ2n) is 8.08. The van der Waals surface area contributed by atoms with Crippen molar-refractivity contribution in [3.63, 3.8) is 0 Å². The van der Waals surface area contributed by atoms with Gasteiger partial charge < -0.3 is 19.0 Å². The number of benzene rings is 1. The minimum Gasteiger partial charge on any atom is -0.458 e. The van der Waals surface area contributed by atoms with Crippen molar-refractivity contribution in [2.75, 3.05) is 0 Å². The van der Waals surface area contributed by atoms with Gasteiger partial charge in [0.15, 0.2) is 6.10 Å². The van der Waals surface area contributed by atoms with Gasteiger partial charge in [0.1, 0.15) is 11.3 Å². The van der Waals surface area contributed by atoms with Crippen LogP contribution in [0.3, 0.4) is 0 Å². The van der Waals surface area contributed by atoms with Gasteiger partial charge in [-0.2, -0.15) is 0 Å². The minimum absolute atomic E-state index is 0.176. The normalized spacial score (nSPS) is 32.0. The first kappa shape index (κ1) is 17.3. The summed E-state index contributed by atoms with van der Waals surface area (Å²) >= 11 is 0. The molecule has 3 heterocycles. The highest BCUT2D eigenvalue weighted by Crippen LogP contribution is 2.53. The molecule has 3 atom stereocenters. The van der Waals surface area contributed by atoms with Crippen molar-refractivity contribution in [3.05, 3.63) is 52.4 Å². The monoisotopic (exact) mass is 356 g/mol. The molecule has 1 aromatic heterocycles. The molecule has 0 aliphatic carbocycles. The van der Waals surface area contributed by atoms with Crippen molar-refractivity contribution in [1.82, 2.24) is 0 Å². The molecule has 2 aliphatic rings. The third-order valence-corrected chi connectivity index (χ3v) is 5.68. The van der Waals surface area contributed by atoms with E-state index < -0.39 is 28.5 Å². The van der Waals surface area contributed by atoms with Gasteiger partial charge in [0.05, 0.1) is 16.6 Å². The average Bonchev–Trinajstić information content (AvgIpc) is 3.23. The lowest BCUT2D eigenvalue weighted by atomic mass is 9.73. The molecule has 1 aromatic carbocycles. The summed E-state index contributed by atoms with van der Waals surface area (Å²) in [6, 6.07) is 5.57. The molecule has 5 nitrogen and oxygen atoms in total. The van der Waals surface area contributed by atoms with Gasteiger partial charge in [-0.15, -0.1) is 6.58 Å². The van der Waals surface area contributed by atoms with E-state index in [2.05, 4.69) is 6.58 Å². The van der Waals surface area contributed by atoms with Crippen LogP contribution in [-0.4, -0.2) is 22.6 Å². The Morgan fingerprint density at radius 1 is 1.35 bits per heavy atom. The Morgan fingerprint density at radius 2 is 2.04 bits per heavy atom. The molecule has 1 saturated heterocycles. The van der Waals surface area contributed by atoms with Gasteiger partial charge >= 0.3 is 5.63 Å². The van der Waals surface area contributed by atoms with E-state index in [-0.39, 0.29) is 6.42 Å². The lowest BCUT2D eigenvalue weighted by Crippen LogP contribution is -2.53. The van der Waals surface area contributed by atoms with E-state index in [1.165, 1.54) is 0 Å². The van der Waals surface area contributed by atoms with Gasteiger partial charge in [0, 0.05) is 11.8 Å². The molecule has 2 aromatic rings. The zero-order valence-electron chi connectivity index (χ0n) is 15.6. The van der Waals surface area contributed by atoms with Crippen LogP contribution in [-0.2, 0) is 16.6 Å². The van der Waals surface area contributed by atoms with Crippen molar-refractivity contribution in [1.29, 1.82) is 0 Å². The Morgan fingerprint density at radius 3 is 2.62 bits per heavy atom. The van der Waals surface area contributed by atoms with E-state index in [0.717, 1.165) is 17.4 Å². The fourth-order valence-corrected chi connectivity index (χ4v) is 4.23. The SMILES string of the molecule is C=C[C@]1(C)C[C@](O)([C@@H]2OC2(C)C)Oc2c1c(=O)oc1cccc(CC)c21. The number of aryl methyl sites for hydroxylation is 1. The predicted octanol–water partition coefficient (Wildman–Crippen LogP) is 3.45. The van der Waals surface area contributed by atoms with Crippen LogP contribution in [0.5, 0.6) is 5.75 Å². The number of hydrogen-bond acceptors (Lipinski definition) is 5. The van der Waals surface area contributed by atoms with Crippen molar-refractivity contribution in [3.8, 4) is 5.75 Å². The van der Waals surface area contributed by atoms with Crippen LogP contribution in [0.4, 0.5) is 0 Å².